The highest BCUT2D eigenvalue weighted by molar-refractivity contribution is 7.89. The van der Waals surface area contributed by atoms with Crippen LogP contribution in [-0.4, -0.2) is 43.6 Å². The van der Waals surface area contributed by atoms with Crippen molar-refractivity contribution in [1.29, 1.82) is 0 Å². The number of benzene rings is 2. The molecule has 0 unspecified atom stereocenters. The molecule has 10 heteroatoms. The van der Waals surface area contributed by atoms with Crippen LogP contribution < -0.4 is 4.80 Å². The number of halogens is 2. The van der Waals surface area contributed by atoms with E-state index in [0.29, 0.717) is 48.0 Å². The van der Waals surface area contributed by atoms with Crippen LogP contribution in [0.2, 0.25) is 10.0 Å². The molecule has 0 saturated carbocycles. The molecular weight excluding hydrogens is 501 g/mol. The maximum atomic E-state index is 12.9. The molecule has 1 fully saturated rings. The van der Waals surface area contributed by atoms with Crippen molar-refractivity contribution in [1.82, 2.24) is 8.87 Å². The molecule has 1 aliphatic rings. The van der Waals surface area contributed by atoms with Gasteiger partial charge in [-0.15, -0.1) is 11.3 Å². The highest BCUT2D eigenvalue weighted by atomic mass is 35.5. The summed E-state index contributed by atoms with van der Waals surface area (Å²) in [6, 6.07) is 12.2. The number of hydrogen-bond acceptors (Lipinski definition) is 5. The van der Waals surface area contributed by atoms with Crippen molar-refractivity contribution in [3.05, 3.63) is 62.7 Å². The van der Waals surface area contributed by atoms with Crippen LogP contribution in [0.1, 0.15) is 13.8 Å². The van der Waals surface area contributed by atoms with Crippen molar-refractivity contribution in [2.75, 3.05) is 26.3 Å². The fourth-order valence-corrected chi connectivity index (χ4v) is 6.26. The molecule has 1 saturated heterocycles. The summed E-state index contributed by atoms with van der Waals surface area (Å²) in [6.45, 7) is 6.63. The van der Waals surface area contributed by atoms with Crippen molar-refractivity contribution in [2.45, 2.75) is 25.3 Å². The van der Waals surface area contributed by atoms with E-state index in [-0.39, 0.29) is 4.90 Å². The summed E-state index contributed by atoms with van der Waals surface area (Å²) in [5, 5.41) is 3.14. The van der Waals surface area contributed by atoms with Crippen molar-refractivity contribution < 1.29 is 13.2 Å². The Morgan fingerprint density at radius 3 is 2.45 bits per heavy atom. The van der Waals surface area contributed by atoms with E-state index in [1.807, 2.05) is 17.5 Å². The molecular formula is C23H25Cl2N3O3S2. The Balaban J connectivity index is 1.72. The number of ether oxygens (including phenoxy) is 1. The third kappa shape index (κ3) is 5.53. The molecule has 0 radical (unpaired) electrons. The predicted molar refractivity (Wildman–Crippen MR) is 134 cm³/mol. The molecule has 1 aliphatic heterocycles. The minimum atomic E-state index is -3.53. The summed E-state index contributed by atoms with van der Waals surface area (Å²) < 4.78 is 34.8. The lowest BCUT2D eigenvalue weighted by molar-refractivity contribution is 0.0730. The summed E-state index contributed by atoms with van der Waals surface area (Å²) in [7, 11) is -3.53. The number of sulfonamides is 1. The molecule has 1 aromatic heterocycles. The summed E-state index contributed by atoms with van der Waals surface area (Å²) in [4.78, 5) is 5.85. The molecule has 0 bridgehead atoms. The van der Waals surface area contributed by atoms with Gasteiger partial charge in [0.1, 0.15) is 0 Å². The highest BCUT2D eigenvalue weighted by Gasteiger charge is 2.26. The topological polar surface area (TPSA) is 63.9 Å². The number of hydrogen-bond donors (Lipinski definition) is 0. The Kier molecular flexibility index (Phi) is 7.63. The first-order chi connectivity index (χ1) is 15.8. The van der Waals surface area contributed by atoms with Crippen LogP contribution in [0.15, 0.2) is 57.7 Å². The van der Waals surface area contributed by atoms with Gasteiger partial charge in [0.15, 0.2) is 4.80 Å². The maximum Gasteiger partial charge on any atom is 0.243 e. The zero-order valence-electron chi connectivity index (χ0n) is 18.4. The van der Waals surface area contributed by atoms with Gasteiger partial charge in [0, 0.05) is 30.0 Å². The lowest BCUT2D eigenvalue weighted by Gasteiger charge is -2.26. The first kappa shape index (κ1) is 24.4. The van der Waals surface area contributed by atoms with Crippen LogP contribution in [-0.2, 0) is 21.3 Å². The van der Waals surface area contributed by atoms with Gasteiger partial charge < -0.3 is 9.30 Å². The van der Waals surface area contributed by atoms with Gasteiger partial charge in [-0.3, -0.25) is 0 Å². The highest BCUT2D eigenvalue weighted by Crippen LogP contribution is 2.29. The Labute approximate surface area is 208 Å². The lowest BCUT2D eigenvalue weighted by Crippen LogP contribution is -2.40. The van der Waals surface area contributed by atoms with Gasteiger partial charge in [-0.25, -0.2) is 13.4 Å². The molecule has 4 rings (SSSR count). The largest absolute Gasteiger partial charge is 0.379 e. The Hall–Kier alpha value is -1.68. The molecule has 3 aromatic rings. The standard InChI is InChI=1S/C23H25Cl2N3O3S2/c1-16(2)14-28-22(15-32-23(28)26-21-13-18(24)5-8-20(21)25)17-3-6-19(7-4-17)33(29,30)27-9-11-31-12-10-27/h3-8,13,15-16H,9-12,14H2,1-2H3. The Bertz CT molecular complexity index is 1290. The van der Waals surface area contributed by atoms with E-state index >= 15 is 0 Å². The van der Waals surface area contributed by atoms with Gasteiger partial charge in [-0.05, 0) is 41.8 Å². The summed E-state index contributed by atoms with van der Waals surface area (Å²) in [5.74, 6) is 0.383. The number of nitrogens with zero attached hydrogens (tertiary/aromatic N) is 3. The van der Waals surface area contributed by atoms with Crippen molar-refractivity contribution in [3.8, 4) is 11.3 Å². The second-order valence-electron chi connectivity index (χ2n) is 8.16. The van der Waals surface area contributed by atoms with E-state index in [1.54, 1.807) is 30.3 Å². The SMILES string of the molecule is CC(C)Cn1c(-c2ccc(S(=O)(=O)N3CCOCC3)cc2)csc1=Nc1cc(Cl)ccc1Cl. The summed E-state index contributed by atoms with van der Waals surface area (Å²) in [6.07, 6.45) is 0. The second-order valence-corrected chi connectivity index (χ2v) is 11.8. The number of thiazole rings is 1. The van der Waals surface area contributed by atoms with Gasteiger partial charge in [0.2, 0.25) is 10.0 Å². The third-order valence-electron chi connectivity index (χ3n) is 5.23. The van der Waals surface area contributed by atoms with Gasteiger partial charge >= 0.3 is 0 Å². The average Bonchev–Trinajstić information content (AvgIpc) is 3.18. The van der Waals surface area contributed by atoms with Gasteiger partial charge in [-0.1, -0.05) is 49.2 Å². The van der Waals surface area contributed by atoms with E-state index in [2.05, 4.69) is 18.4 Å². The lowest BCUT2D eigenvalue weighted by atomic mass is 10.1. The normalized spacial score (nSPS) is 16.0. The minimum Gasteiger partial charge on any atom is -0.379 e. The average molecular weight is 527 g/mol. The van der Waals surface area contributed by atoms with Crippen LogP contribution in [0, 0.1) is 5.92 Å². The molecule has 0 N–H and O–H groups in total. The summed E-state index contributed by atoms with van der Waals surface area (Å²) in [5.41, 5.74) is 2.51. The van der Waals surface area contributed by atoms with E-state index in [1.165, 1.54) is 15.6 Å². The van der Waals surface area contributed by atoms with Gasteiger partial charge in [0.25, 0.3) is 0 Å². The minimum absolute atomic E-state index is 0.286. The zero-order chi connectivity index (χ0) is 23.6. The molecule has 33 heavy (non-hydrogen) atoms. The second kappa shape index (κ2) is 10.3. The molecule has 0 spiro atoms. The molecule has 0 atom stereocenters. The van der Waals surface area contributed by atoms with E-state index in [9.17, 15) is 8.42 Å². The molecule has 2 heterocycles. The number of aromatic nitrogens is 1. The molecule has 6 nitrogen and oxygen atoms in total. The maximum absolute atomic E-state index is 12.9. The summed E-state index contributed by atoms with van der Waals surface area (Å²) >= 11 is 14.0. The van der Waals surface area contributed by atoms with Crippen molar-refractivity contribution in [2.24, 2.45) is 10.9 Å². The Morgan fingerprint density at radius 1 is 1.09 bits per heavy atom. The smallest absolute Gasteiger partial charge is 0.243 e. The number of rotatable bonds is 6. The molecule has 176 valence electrons. The van der Waals surface area contributed by atoms with Crippen molar-refractivity contribution >= 4 is 50.2 Å². The van der Waals surface area contributed by atoms with Crippen LogP contribution in [0.5, 0.6) is 0 Å². The molecule has 0 amide bonds. The van der Waals surface area contributed by atoms with Crippen LogP contribution in [0.3, 0.4) is 0 Å². The van der Waals surface area contributed by atoms with E-state index < -0.39 is 10.0 Å². The monoisotopic (exact) mass is 525 g/mol. The molecule has 2 aromatic carbocycles. The van der Waals surface area contributed by atoms with Crippen molar-refractivity contribution in [3.63, 3.8) is 0 Å². The Morgan fingerprint density at radius 2 is 1.79 bits per heavy atom. The fraction of sp³-hybridized carbons (Fsp3) is 0.348. The molecule has 0 aliphatic carbocycles. The predicted octanol–water partition coefficient (Wildman–Crippen LogP) is 5.43. The third-order valence-corrected chi connectivity index (χ3v) is 8.56. The van der Waals surface area contributed by atoms with E-state index in [0.717, 1.165) is 22.6 Å². The van der Waals surface area contributed by atoms with E-state index in [4.69, 9.17) is 32.9 Å². The zero-order valence-corrected chi connectivity index (χ0v) is 21.5. The van der Waals surface area contributed by atoms with Gasteiger partial charge in [0.05, 0.1) is 34.5 Å². The first-order valence-electron chi connectivity index (χ1n) is 10.6. The number of morpholine rings is 1. The fourth-order valence-electron chi connectivity index (χ4n) is 3.60. The van der Waals surface area contributed by atoms with Crippen LogP contribution in [0.4, 0.5) is 5.69 Å². The quantitative estimate of drug-likeness (QED) is 0.430. The van der Waals surface area contributed by atoms with Crippen LogP contribution >= 0.6 is 34.5 Å². The van der Waals surface area contributed by atoms with Crippen LogP contribution in [0.25, 0.3) is 11.3 Å². The van der Waals surface area contributed by atoms with Gasteiger partial charge in [-0.2, -0.15) is 4.31 Å². The first-order valence-corrected chi connectivity index (χ1v) is 13.7.